The number of fused-ring (bicyclic) bond motifs is 1. The van der Waals surface area contributed by atoms with Gasteiger partial charge in [-0.1, -0.05) is 57.2 Å². The van der Waals surface area contributed by atoms with Crippen LogP contribution in [0.2, 0.25) is 0 Å². The van der Waals surface area contributed by atoms with Gasteiger partial charge in [0.15, 0.2) is 11.5 Å². The smallest absolute Gasteiger partial charge is 0.343 e. The van der Waals surface area contributed by atoms with Crippen LogP contribution in [-0.2, 0) is 4.74 Å². The van der Waals surface area contributed by atoms with E-state index in [4.69, 9.17) is 4.74 Å². The number of aryl methyl sites for hydroxylation is 1. The van der Waals surface area contributed by atoms with Crippen molar-refractivity contribution in [3.05, 3.63) is 46.3 Å². The predicted octanol–water partition coefficient (Wildman–Crippen LogP) is 3.93. The van der Waals surface area contributed by atoms with E-state index in [1.54, 1.807) is 0 Å². The number of carbonyl (C=O) groups is 1. The molecule has 4 rings (SSSR count). The summed E-state index contributed by atoms with van der Waals surface area (Å²) in [5, 5.41) is 14.5. The SMILES string of the molecule is C=c1c(C#N)c(C(=O)OC2C(C)CC(C)CC2C)c2nc(-c3ccc(C)cc3)nn12. The van der Waals surface area contributed by atoms with Gasteiger partial charge in [0.2, 0.25) is 0 Å². The minimum atomic E-state index is -0.521. The molecule has 2 aromatic heterocycles. The summed E-state index contributed by atoms with van der Waals surface area (Å²) in [5.41, 5.74) is 2.63. The van der Waals surface area contributed by atoms with E-state index in [9.17, 15) is 10.1 Å². The van der Waals surface area contributed by atoms with Crippen molar-refractivity contribution in [3.8, 4) is 17.5 Å². The zero-order valence-corrected chi connectivity index (χ0v) is 17.8. The molecule has 0 radical (unpaired) electrons. The Morgan fingerprint density at radius 1 is 1.20 bits per heavy atom. The van der Waals surface area contributed by atoms with Crippen LogP contribution in [0.1, 0.15) is 55.1 Å². The van der Waals surface area contributed by atoms with Crippen molar-refractivity contribution in [1.29, 1.82) is 5.26 Å². The molecule has 1 fully saturated rings. The number of nitriles is 1. The average molecular weight is 402 g/mol. The van der Waals surface area contributed by atoms with Crippen LogP contribution in [0.5, 0.6) is 0 Å². The summed E-state index contributed by atoms with van der Waals surface area (Å²) in [7, 11) is 0. The van der Waals surface area contributed by atoms with Gasteiger partial charge in [-0.25, -0.2) is 14.3 Å². The van der Waals surface area contributed by atoms with Crippen molar-refractivity contribution in [2.24, 2.45) is 17.8 Å². The number of rotatable bonds is 3. The van der Waals surface area contributed by atoms with E-state index in [1.165, 1.54) is 4.52 Å². The number of hydrogen-bond acceptors (Lipinski definition) is 5. The maximum Gasteiger partial charge on any atom is 0.343 e. The first-order valence-corrected chi connectivity index (χ1v) is 10.4. The maximum atomic E-state index is 13.2. The van der Waals surface area contributed by atoms with Crippen LogP contribution in [-0.4, -0.2) is 26.7 Å². The minimum absolute atomic E-state index is 0.159. The van der Waals surface area contributed by atoms with E-state index in [0.29, 0.717) is 22.7 Å². The lowest BCUT2D eigenvalue weighted by molar-refractivity contribution is -0.0250. The standard InChI is InChI=1S/C24H26N4O2/c1-13-6-8-18(9-7-13)22-26-23-20(19(12-25)17(5)28(23)27-22)24(29)30-21-15(3)10-14(2)11-16(21)4/h6-9,14-16,21H,5,10-11H2,1-4H3. The van der Waals surface area contributed by atoms with Gasteiger partial charge in [0.05, 0.1) is 10.9 Å². The Labute approximate surface area is 176 Å². The number of esters is 1. The summed E-state index contributed by atoms with van der Waals surface area (Å²) < 4.78 is 7.42. The second-order valence-corrected chi connectivity index (χ2v) is 8.75. The third kappa shape index (κ3) is 3.35. The Morgan fingerprint density at radius 2 is 1.83 bits per heavy atom. The Morgan fingerprint density at radius 3 is 2.43 bits per heavy atom. The summed E-state index contributed by atoms with van der Waals surface area (Å²) in [4.78, 5) is 17.8. The molecule has 0 aliphatic heterocycles. The fourth-order valence-electron chi connectivity index (χ4n) is 4.77. The van der Waals surface area contributed by atoms with E-state index < -0.39 is 5.97 Å². The Balaban J connectivity index is 1.74. The molecule has 3 aromatic rings. The van der Waals surface area contributed by atoms with Crippen LogP contribution in [0.25, 0.3) is 23.6 Å². The summed E-state index contributed by atoms with van der Waals surface area (Å²) in [5.74, 6) is 1.12. The number of hydrogen-bond donors (Lipinski definition) is 0. The molecule has 6 nitrogen and oxygen atoms in total. The average Bonchev–Trinajstić information content (AvgIpc) is 3.23. The fraction of sp³-hybridized carbons (Fsp3) is 0.417. The van der Waals surface area contributed by atoms with Crippen molar-refractivity contribution < 1.29 is 9.53 Å². The quantitative estimate of drug-likeness (QED) is 0.620. The third-order valence-corrected chi connectivity index (χ3v) is 6.16. The molecule has 2 unspecified atom stereocenters. The topological polar surface area (TPSA) is 80.3 Å². The van der Waals surface area contributed by atoms with E-state index in [0.717, 1.165) is 24.0 Å². The van der Waals surface area contributed by atoms with Crippen LogP contribution >= 0.6 is 0 Å². The van der Waals surface area contributed by atoms with Crippen molar-refractivity contribution in [3.63, 3.8) is 0 Å². The molecule has 154 valence electrons. The molecule has 1 aliphatic rings. The molecule has 6 heteroatoms. The molecule has 2 atom stereocenters. The molecule has 1 aromatic carbocycles. The van der Waals surface area contributed by atoms with E-state index >= 15 is 0 Å². The number of carbonyl (C=O) groups excluding carboxylic acids is 1. The molecule has 0 spiro atoms. The lowest BCUT2D eigenvalue weighted by Gasteiger charge is -2.37. The van der Waals surface area contributed by atoms with Gasteiger partial charge in [-0.3, -0.25) is 0 Å². The van der Waals surface area contributed by atoms with Crippen LogP contribution in [0.3, 0.4) is 0 Å². The van der Waals surface area contributed by atoms with Gasteiger partial charge >= 0.3 is 5.97 Å². The minimum Gasteiger partial charge on any atom is -0.458 e. The normalized spacial score (nSPS) is 24.0. The van der Waals surface area contributed by atoms with Gasteiger partial charge in [-0.2, -0.15) is 5.26 Å². The Hall–Kier alpha value is -3.20. The number of aromatic nitrogens is 3. The van der Waals surface area contributed by atoms with Crippen LogP contribution < -0.4 is 5.35 Å². The molecule has 0 saturated heterocycles. The summed E-state index contributed by atoms with van der Waals surface area (Å²) in [6, 6.07) is 9.92. The highest BCUT2D eigenvalue weighted by Crippen LogP contribution is 2.35. The van der Waals surface area contributed by atoms with Crippen molar-refractivity contribution in [2.75, 3.05) is 0 Å². The number of ether oxygens (including phenoxy) is 1. The van der Waals surface area contributed by atoms with Gasteiger partial charge in [0.1, 0.15) is 17.7 Å². The summed E-state index contributed by atoms with van der Waals surface area (Å²) in [6.45, 7) is 12.4. The maximum absolute atomic E-state index is 13.2. The van der Waals surface area contributed by atoms with Crippen molar-refractivity contribution >= 4 is 18.2 Å². The summed E-state index contributed by atoms with van der Waals surface area (Å²) in [6.07, 6.45) is 1.86. The zero-order chi connectivity index (χ0) is 21.6. The van der Waals surface area contributed by atoms with Crippen LogP contribution in [0.15, 0.2) is 24.3 Å². The molecule has 0 bridgehead atoms. The second kappa shape index (κ2) is 7.56. The first-order valence-electron chi connectivity index (χ1n) is 10.4. The van der Waals surface area contributed by atoms with Gasteiger partial charge in [-0.15, -0.1) is 5.10 Å². The van der Waals surface area contributed by atoms with Gasteiger partial charge < -0.3 is 4.74 Å². The third-order valence-electron chi connectivity index (χ3n) is 6.16. The van der Waals surface area contributed by atoms with E-state index in [-0.39, 0.29) is 29.1 Å². The monoisotopic (exact) mass is 402 g/mol. The molecule has 0 amide bonds. The molecular weight excluding hydrogens is 376 g/mol. The number of nitrogens with zero attached hydrogens (tertiary/aromatic N) is 4. The molecule has 1 saturated carbocycles. The Kier molecular flexibility index (Phi) is 5.07. The van der Waals surface area contributed by atoms with Crippen molar-refractivity contribution in [1.82, 2.24) is 14.6 Å². The molecule has 2 heterocycles. The fourth-order valence-corrected chi connectivity index (χ4v) is 4.77. The zero-order valence-electron chi connectivity index (χ0n) is 17.8. The first kappa shape index (κ1) is 20.1. The number of benzene rings is 1. The van der Waals surface area contributed by atoms with E-state index in [1.807, 2.05) is 31.2 Å². The van der Waals surface area contributed by atoms with Crippen LogP contribution in [0.4, 0.5) is 0 Å². The highest BCUT2D eigenvalue weighted by molar-refractivity contribution is 5.99. The van der Waals surface area contributed by atoms with Gasteiger partial charge in [-0.05, 0) is 37.5 Å². The van der Waals surface area contributed by atoms with Crippen LogP contribution in [0, 0.1) is 36.0 Å². The highest BCUT2D eigenvalue weighted by Gasteiger charge is 2.36. The lowest BCUT2D eigenvalue weighted by atomic mass is 9.75. The molecular formula is C24H26N4O2. The predicted molar refractivity (Wildman–Crippen MR) is 115 cm³/mol. The highest BCUT2D eigenvalue weighted by atomic mass is 16.5. The Bertz CT molecular complexity index is 1180. The van der Waals surface area contributed by atoms with E-state index in [2.05, 4.69) is 43.5 Å². The molecule has 1 aliphatic carbocycles. The lowest BCUT2D eigenvalue weighted by Crippen LogP contribution is -2.37. The summed E-state index contributed by atoms with van der Waals surface area (Å²) >= 11 is 0. The van der Waals surface area contributed by atoms with Crippen molar-refractivity contribution in [2.45, 2.75) is 46.6 Å². The van der Waals surface area contributed by atoms with Gasteiger partial charge in [0, 0.05) is 5.56 Å². The molecule has 30 heavy (non-hydrogen) atoms. The molecule has 0 N–H and O–H groups in total. The second-order valence-electron chi connectivity index (χ2n) is 8.75. The van der Waals surface area contributed by atoms with Gasteiger partial charge in [0.25, 0.3) is 0 Å². The first-order chi connectivity index (χ1) is 14.3. The largest absolute Gasteiger partial charge is 0.458 e.